The van der Waals surface area contributed by atoms with Crippen molar-refractivity contribution in [3.8, 4) is 0 Å². The van der Waals surface area contributed by atoms with Gasteiger partial charge in [0.25, 0.3) is 11.9 Å². The zero-order valence-corrected chi connectivity index (χ0v) is 13.7. The van der Waals surface area contributed by atoms with E-state index in [4.69, 9.17) is 0 Å². The third-order valence-corrected chi connectivity index (χ3v) is 4.94. The minimum atomic E-state index is -1.61. The number of carbonyl (C=O) groups is 1. The first kappa shape index (κ1) is 15.5. The van der Waals surface area contributed by atoms with Gasteiger partial charge in [-0.05, 0) is 23.6 Å². The molecule has 2 aliphatic heterocycles. The first-order valence-electron chi connectivity index (χ1n) is 7.38. The van der Waals surface area contributed by atoms with Crippen molar-refractivity contribution in [1.82, 2.24) is 25.5 Å². The SMILES string of the molecule is CCCC1=C(CC)CN2C=C(C(=O)Nc3nn[nH]n3)S(=O)C2=N1. The summed E-state index contributed by atoms with van der Waals surface area (Å²) in [4.78, 5) is 18.7. The molecule has 3 heterocycles. The number of anilines is 1. The molecule has 122 valence electrons. The predicted octanol–water partition coefficient (Wildman–Crippen LogP) is 0.878. The second-order valence-electron chi connectivity index (χ2n) is 5.13. The number of nitrogens with zero attached hydrogens (tertiary/aromatic N) is 5. The second kappa shape index (κ2) is 6.41. The van der Waals surface area contributed by atoms with E-state index in [0.717, 1.165) is 25.0 Å². The van der Waals surface area contributed by atoms with E-state index in [1.54, 1.807) is 11.1 Å². The van der Waals surface area contributed by atoms with E-state index >= 15 is 0 Å². The summed E-state index contributed by atoms with van der Waals surface area (Å²) in [6.45, 7) is 4.78. The number of aliphatic imine (C=N–C) groups is 1. The van der Waals surface area contributed by atoms with Gasteiger partial charge in [0.05, 0.1) is 0 Å². The number of aromatic nitrogens is 4. The lowest BCUT2D eigenvalue weighted by Crippen LogP contribution is -2.30. The van der Waals surface area contributed by atoms with E-state index in [1.807, 2.05) is 0 Å². The first-order chi connectivity index (χ1) is 11.1. The van der Waals surface area contributed by atoms with E-state index in [-0.39, 0.29) is 10.9 Å². The number of allylic oxidation sites excluding steroid dienone is 1. The number of carbonyl (C=O) groups excluding carboxylic acids is 1. The van der Waals surface area contributed by atoms with Crippen LogP contribution in [0.4, 0.5) is 5.95 Å². The standard InChI is InChI=1S/C13H17N7O2S/c1-3-5-9-8(4-2)6-20-7-10(23(22)13(20)14-9)11(21)15-12-16-18-19-17-12/h7H,3-6H2,1-2H3,(H2,15,16,17,18,19,21). The highest BCUT2D eigenvalue weighted by molar-refractivity contribution is 8.05. The molecule has 1 aromatic rings. The highest BCUT2D eigenvalue weighted by Gasteiger charge is 2.35. The lowest BCUT2D eigenvalue weighted by Gasteiger charge is -2.24. The highest BCUT2D eigenvalue weighted by Crippen LogP contribution is 2.29. The van der Waals surface area contributed by atoms with Gasteiger partial charge in [-0.3, -0.25) is 10.1 Å². The Kier molecular flexibility index (Phi) is 4.33. The van der Waals surface area contributed by atoms with Gasteiger partial charge in [0.2, 0.25) is 5.17 Å². The predicted molar refractivity (Wildman–Crippen MR) is 85.4 cm³/mol. The summed E-state index contributed by atoms with van der Waals surface area (Å²) >= 11 is 0. The Hall–Kier alpha value is -2.36. The van der Waals surface area contributed by atoms with Gasteiger partial charge in [0.1, 0.15) is 15.7 Å². The molecule has 1 aromatic heterocycles. The summed E-state index contributed by atoms with van der Waals surface area (Å²) in [6, 6.07) is 0. The van der Waals surface area contributed by atoms with Crippen molar-refractivity contribution in [2.45, 2.75) is 33.1 Å². The van der Waals surface area contributed by atoms with Gasteiger partial charge in [-0.2, -0.15) is 5.21 Å². The van der Waals surface area contributed by atoms with E-state index in [9.17, 15) is 9.00 Å². The molecule has 2 aliphatic rings. The van der Waals surface area contributed by atoms with E-state index in [1.165, 1.54) is 5.57 Å². The Morgan fingerprint density at radius 2 is 2.30 bits per heavy atom. The Morgan fingerprint density at radius 3 is 2.96 bits per heavy atom. The van der Waals surface area contributed by atoms with Crippen LogP contribution >= 0.6 is 0 Å². The van der Waals surface area contributed by atoms with Gasteiger partial charge in [-0.25, -0.2) is 9.20 Å². The van der Waals surface area contributed by atoms with Crippen molar-refractivity contribution in [2.24, 2.45) is 4.99 Å². The number of rotatable bonds is 5. The number of amides is 1. The fraction of sp³-hybridized carbons (Fsp3) is 0.462. The molecule has 0 fully saturated rings. The summed E-state index contributed by atoms with van der Waals surface area (Å²) in [6.07, 6.45) is 4.29. The molecule has 0 saturated carbocycles. The molecule has 0 aliphatic carbocycles. The van der Waals surface area contributed by atoms with Crippen LogP contribution in [0.3, 0.4) is 0 Å². The maximum Gasteiger partial charge on any atom is 0.270 e. The highest BCUT2D eigenvalue weighted by atomic mass is 32.2. The minimum Gasteiger partial charge on any atom is -0.320 e. The van der Waals surface area contributed by atoms with Crippen LogP contribution < -0.4 is 5.32 Å². The van der Waals surface area contributed by atoms with Gasteiger partial charge in [-0.15, -0.1) is 5.10 Å². The van der Waals surface area contributed by atoms with Gasteiger partial charge in [-0.1, -0.05) is 25.4 Å². The third-order valence-electron chi connectivity index (χ3n) is 3.59. The molecule has 23 heavy (non-hydrogen) atoms. The second-order valence-corrected chi connectivity index (χ2v) is 6.47. The molecule has 1 unspecified atom stereocenters. The van der Waals surface area contributed by atoms with Crippen LogP contribution in [0.15, 0.2) is 27.4 Å². The smallest absolute Gasteiger partial charge is 0.270 e. The van der Waals surface area contributed by atoms with Crippen molar-refractivity contribution >= 4 is 27.8 Å². The number of fused-ring (bicyclic) bond motifs is 1. The summed E-state index contributed by atoms with van der Waals surface area (Å²) in [5, 5.41) is 15.8. The first-order valence-corrected chi connectivity index (χ1v) is 8.53. The number of aromatic amines is 1. The fourth-order valence-corrected chi connectivity index (χ4v) is 3.63. The summed E-state index contributed by atoms with van der Waals surface area (Å²) in [5.41, 5.74) is 2.20. The Labute approximate surface area is 135 Å². The molecular formula is C13H17N7O2S. The van der Waals surface area contributed by atoms with Crippen LogP contribution in [0.2, 0.25) is 0 Å². The van der Waals surface area contributed by atoms with E-state index in [0.29, 0.717) is 11.7 Å². The molecule has 2 N–H and O–H groups in total. The largest absolute Gasteiger partial charge is 0.320 e. The van der Waals surface area contributed by atoms with Gasteiger partial charge >= 0.3 is 0 Å². The number of hydrogen-bond acceptors (Lipinski definition) is 7. The number of tetrazole rings is 1. The van der Waals surface area contributed by atoms with Crippen LogP contribution in [0.5, 0.6) is 0 Å². The number of hydrogen-bond donors (Lipinski definition) is 2. The lowest BCUT2D eigenvalue weighted by molar-refractivity contribution is -0.112. The normalized spacial score (nSPS) is 20.3. The summed E-state index contributed by atoms with van der Waals surface area (Å²) in [7, 11) is -1.61. The van der Waals surface area contributed by atoms with Crippen LogP contribution in [0, 0.1) is 0 Å². The fourth-order valence-electron chi connectivity index (χ4n) is 2.47. The molecule has 3 rings (SSSR count). The van der Waals surface area contributed by atoms with E-state index in [2.05, 4.69) is 44.8 Å². The minimum absolute atomic E-state index is 0.0405. The zero-order chi connectivity index (χ0) is 16.4. The quantitative estimate of drug-likeness (QED) is 0.825. The molecule has 10 heteroatoms. The molecule has 0 aromatic carbocycles. The summed E-state index contributed by atoms with van der Waals surface area (Å²) in [5.74, 6) is -0.476. The number of nitrogens with one attached hydrogen (secondary N) is 2. The molecule has 0 bridgehead atoms. The zero-order valence-electron chi connectivity index (χ0n) is 12.9. The van der Waals surface area contributed by atoms with Gasteiger partial charge < -0.3 is 4.90 Å². The molecular weight excluding hydrogens is 318 g/mol. The molecule has 1 amide bonds. The average Bonchev–Trinajstić information content (AvgIpc) is 3.15. The molecule has 0 spiro atoms. The van der Waals surface area contributed by atoms with Crippen molar-refractivity contribution in [1.29, 1.82) is 0 Å². The van der Waals surface area contributed by atoms with E-state index < -0.39 is 16.7 Å². The molecule has 1 atom stereocenters. The van der Waals surface area contributed by atoms with Crippen molar-refractivity contribution in [3.63, 3.8) is 0 Å². The van der Waals surface area contributed by atoms with Crippen LogP contribution in [0.1, 0.15) is 33.1 Å². The van der Waals surface area contributed by atoms with Gasteiger partial charge in [0.15, 0.2) is 0 Å². The number of amidine groups is 1. The van der Waals surface area contributed by atoms with Crippen molar-refractivity contribution < 1.29 is 9.00 Å². The van der Waals surface area contributed by atoms with Crippen LogP contribution in [-0.4, -0.2) is 47.4 Å². The average molecular weight is 335 g/mol. The third kappa shape index (κ3) is 2.93. The monoisotopic (exact) mass is 335 g/mol. The van der Waals surface area contributed by atoms with Crippen molar-refractivity contribution in [3.05, 3.63) is 22.4 Å². The maximum atomic E-state index is 12.6. The Morgan fingerprint density at radius 1 is 1.48 bits per heavy atom. The maximum absolute atomic E-state index is 12.6. The topological polar surface area (TPSA) is 116 Å². The number of H-pyrrole nitrogens is 1. The van der Waals surface area contributed by atoms with Crippen LogP contribution in [-0.2, 0) is 15.6 Å². The Bertz CT molecular complexity index is 736. The summed E-state index contributed by atoms with van der Waals surface area (Å²) < 4.78 is 12.6. The van der Waals surface area contributed by atoms with Crippen LogP contribution in [0.25, 0.3) is 0 Å². The molecule has 9 nitrogen and oxygen atoms in total. The lowest BCUT2D eigenvalue weighted by atomic mass is 10.1. The van der Waals surface area contributed by atoms with Gasteiger partial charge in [0, 0.05) is 18.4 Å². The van der Waals surface area contributed by atoms with Crippen molar-refractivity contribution in [2.75, 3.05) is 11.9 Å². The molecule has 0 radical (unpaired) electrons. The molecule has 0 saturated heterocycles. The Balaban J connectivity index is 1.82.